The molecule has 2 fully saturated rings. The van der Waals surface area contributed by atoms with E-state index in [9.17, 15) is 19.7 Å². The van der Waals surface area contributed by atoms with Crippen LogP contribution in [0.1, 0.15) is 53.0 Å². The highest BCUT2D eigenvalue weighted by Crippen LogP contribution is 2.28. The van der Waals surface area contributed by atoms with Crippen molar-refractivity contribution in [3.8, 4) is 0 Å². The van der Waals surface area contributed by atoms with Crippen LogP contribution in [0.2, 0.25) is 0 Å². The highest BCUT2D eigenvalue weighted by Gasteiger charge is 2.27. The molecule has 0 spiro atoms. The Bertz CT molecular complexity index is 1090. The SMILES string of the molecule is Cc1ccc(C(=O)NC2CC2)cc1NC(=O)c1cc(N2C[C@@H](C)N[C@@H](C)C2)ccc1[N+](=O)[O-]. The molecule has 0 radical (unpaired) electrons. The highest BCUT2D eigenvalue weighted by molar-refractivity contribution is 6.08. The third kappa shape index (κ3) is 5.31. The second-order valence-electron chi connectivity index (χ2n) is 9.06. The van der Waals surface area contributed by atoms with Gasteiger partial charge in [-0.3, -0.25) is 19.7 Å². The standard InChI is InChI=1S/C24H29N5O4/c1-14-4-5-17(23(30)26-18-6-7-18)10-21(14)27-24(31)20-11-19(8-9-22(20)29(32)33)28-12-15(2)25-16(3)13-28/h4-5,8-11,15-16,18,25H,6-7,12-13H2,1-3H3,(H,26,30)(H,27,31)/t15-,16+. The molecule has 2 aliphatic rings. The molecule has 1 saturated carbocycles. The van der Waals surface area contributed by atoms with Gasteiger partial charge in [-0.2, -0.15) is 0 Å². The smallest absolute Gasteiger partial charge is 0.282 e. The maximum absolute atomic E-state index is 13.2. The van der Waals surface area contributed by atoms with E-state index < -0.39 is 10.8 Å². The lowest BCUT2D eigenvalue weighted by atomic mass is 10.1. The number of nitrogens with zero attached hydrogens (tertiary/aromatic N) is 2. The summed E-state index contributed by atoms with van der Waals surface area (Å²) in [7, 11) is 0. The first-order valence-corrected chi connectivity index (χ1v) is 11.2. The van der Waals surface area contributed by atoms with Crippen LogP contribution < -0.4 is 20.9 Å². The van der Waals surface area contributed by atoms with E-state index in [2.05, 4.69) is 34.7 Å². The number of amides is 2. The molecule has 2 aromatic rings. The summed E-state index contributed by atoms with van der Waals surface area (Å²) in [6, 6.07) is 10.5. The molecule has 0 unspecified atom stereocenters. The van der Waals surface area contributed by atoms with Gasteiger partial charge in [-0.1, -0.05) is 6.07 Å². The van der Waals surface area contributed by atoms with E-state index in [-0.39, 0.29) is 35.3 Å². The number of hydrogen-bond donors (Lipinski definition) is 3. The number of benzene rings is 2. The van der Waals surface area contributed by atoms with E-state index in [1.807, 2.05) is 6.92 Å². The lowest BCUT2D eigenvalue weighted by Crippen LogP contribution is -2.54. The van der Waals surface area contributed by atoms with Crippen molar-refractivity contribution in [3.05, 3.63) is 63.2 Å². The second-order valence-corrected chi connectivity index (χ2v) is 9.06. The number of nitro groups is 1. The van der Waals surface area contributed by atoms with E-state index in [0.29, 0.717) is 11.3 Å². The van der Waals surface area contributed by atoms with Crippen molar-refractivity contribution >= 4 is 28.9 Å². The van der Waals surface area contributed by atoms with Crippen LogP contribution in [0.5, 0.6) is 0 Å². The van der Waals surface area contributed by atoms with Gasteiger partial charge >= 0.3 is 0 Å². The zero-order valence-electron chi connectivity index (χ0n) is 19.1. The number of carbonyl (C=O) groups excluding carboxylic acids is 2. The number of hydrogen-bond acceptors (Lipinski definition) is 6. The number of piperazine rings is 1. The largest absolute Gasteiger partial charge is 0.368 e. The van der Waals surface area contributed by atoms with Gasteiger partial charge in [0.1, 0.15) is 5.56 Å². The average Bonchev–Trinajstić information content (AvgIpc) is 3.58. The minimum Gasteiger partial charge on any atom is -0.368 e. The van der Waals surface area contributed by atoms with E-state index in [4.69, 9.17) is 0 Å². The summed E-state index contributed by atoms with van der Waals surface area (Å²) >= 11 is 0. The van der Waals surface area contributed by atoms with Crippen LogP contribution in [0.4, 0.5) is 17.1 Å². The normalized spacial score (nSPS) is 20.3. The zero-order chi connectivity index (χ0) is 23.7. The van der Waals surface area contributed by atoms with Crippen LogP contribution in [-0.2, 0) is 0 Å². The van der Waals surface area contributed by atoms with Crippen molar-refractivity contribution in [2.24, 2.45) is 0 Å². The van der Waals surface area contributed by atoms with Gasteiger partial charge in [-0.05, 0) is 63.4 Å². The molecule has 2 atom stereocenters. The number of carbonyl (C=O) groups is 2. The van der Waals surface area contributed by atoms with Crippen LogP contribution in [0.15, 0.2) is 36.4 Å². The van der Waals surface area contributed by atoms with Gasteiger partial charge in [-0.15, -0.1) is 0 Å². The van der Waals surface area contributed by atoms with Gasteiger partial charge in [0.25, 0.3) is 17.5 Å². The zero-order valence-corrected chi connectivity index (χ0v) is 19.1. The first-order valence-electron chi connectivity index (χ1n) is 11.2. The van der Waals surface area contributed by atoms with Crippen molar-refractivity contribution in [3.63, 3.8) is 0 Å². The fourth-order valence-corrected chi connectivity index (χ4v) is 4.18. The van der Waals surface area contributed by atoms with Crippen molar-refractivity contribution in [2.45, 2.75) is 51.7 Å². The number of aryl methyl sites for hydroxylation is 1. The molecule has 1 aliphatic carbocycles. The molecule has 33 heavy (non-hydrogen) atoms. The lowest BCUT2D eigenvalue weighted by molar-refractivity contribution is -0.385. The van der Waals surface area contributed by atoms with Gasteiger partial charge in [0.15, 0.2) is 0 Å². The number of rotatable bonds is 6. The summed E-state index contributed by atoms with van der Waals surface area (Å²) in [5, 5.41) is 20.8. The Morgan fingerprint density at radius 2 is 1.76 bits per heavy atom. The number of nitrogens with one attached hydrogen (secondary N) is 3. The van der Waals surface area contributed by atoms with Gasteiger partial charge in [0, 0.05) is 54.2 Å². The molecule has 2 aromatic carbocycles. The Balaban J connectivity index is 1.60. The Morgan fingerprint density at radius 3 is 2.39 bits per heavy atom. The molecule has 1 saturated heterocycles. The maximum atomic E-state index is 13.2. The van der Waals surface area contributed by atoms with E-state index in [0.717, 1.165) is 37.2 Å². The van der Waals surface area contributed by atoms with Crippen molar-refractivity contribution in [2.75, 3.05) is 23.3 Å². The molecule has 3 N–H and O–H groups in total. The maximum Gasteiger partial charge on any atom is 0.282 e. The van der Waals surface area contributed by atoms with Gasteiger partial charge in [-0.25, -0.2) is 0 Å². The van der Waals surface area contributed by atoms with Crippen LogP contribution in [0.25, 0.3) is 0 Å². The summed E-state index contributed by atoms with van der Waals surface area (Å²) in [6.45, 7) is 7.45. The molecular formula is C24H29N5O4. The first-order chi connectivity index (χ1) is 15.7. The lowest BCUT2D eigenvalue weighted by Gasteiger charge is -2.37. The quantitative estimate of drug-likeness (QED) is 0.459. The van der Waals surface area contributed by atoms with Crippen molar-refractivity contribution in [1.29, 1.82) is 0 Å². The molecular weight excluding hydrogens is 422 g/mol. The van der Waals surface area contributed by atoms with Crippen molar-refractivity contribution in [1.82, 2.24) is 10.6 Å². The van der Waals surface area contributed by atoms with Gasteiger partial charge in [0.05, 0.1) is 4.92 Å². The molecule has 2 amide bonds. The highest BCUT2D eigenvalue weighted by atomic mass is 16.6. The minimum atomic E-state index is -0.581. The molecule has 0 bridgehead atoms. The summed E-state index contributed by atoms with van der Waals surface area (Å²) in [6.07, 6.45) is 1.96. The fourth-order valence-electron chi connectivity index (χ4n) is 4.18. The molecule has 1 heterocycles. The number of nitro benzene ring substituents is 1. The van der Waals surface area contributed by atoms with Crippen LogP contribution in [0.3, 0.4) is 0 Å². The molecule has 9 nitrogen and oxygen atoms in total. The Hall–Kier alpha value is -3.46. The third-order valence-electron chi connectivity index (χ3n) is 6.00. The minimum absolute atomic E-state index is 0.0106. The molecule has 4 rings (SSSR count). The van der Waals surface area contributed by atoms with E-state index in [1.54, 1.807) is 30.3 Å². The van der Waals surface area contributed by atoms with Gasteiger partial charge < -0.3 is 20.9 Å². The molecule has 1 aliphatic heterocycles. The fraction of sp³-hybridized carbons (Fsp3) is 0.417. The Labute approximate surface area is 192 Å². The predicted octanol–water partition coefficient (Wildman–Crippen LogP) is 3.23. The van der Waals surface area contributed by atoms with Crippen molar-refractivity contribution < 1.29 is 14.5 Å². The third-order valence-corrected chi connectivity index (χ3v) is 6.00. The van der Waals surface area contributed by atoms with Crippen LogP contribution in [-0.4, -0.2) is 48.0 Å². The molecule has 9 heteroatoms. The Kier molecular flexibility index (Phi) is 6.33. The predicted molar refractivity (Wildman–Crippen MR) is 127 cm³/mol. The first kappa shape index (κ1) is 22.7. The summed E-state index contributed by atoms with van der Waals surface area (Å²) in [5.41, 5.74) is 2.15. The topological polar surface area (TPSA) is 117 Å². The average molecular weight is 452 g/mol. The van der Waals surface area contributed by atoms with Gasteiger partial charge in [0.2, 0.25) is 0 Å². The monoisotopic (exact) mass is 451 g/mol. The van der Waals surface area contributed by atoms with E-state index in [1.165, 1.54) is 6.07 Å². The molecule has 174 valence electrons. The summed E-state index contributed by atoms with van der Waals surface area (Å²) < 4.78 is 0. The molecule has 0 aromatic heterocycles. The summed E-state index contributed by atoms with van der Waals surface area (Å²) in [5.74, 6) is -0.773. The second kappa shape index (κ2) is 9.19. The summed E-state index contributed by atoms with van der Waals surface area (Å²) in [4.78, 5) is 38.8. The van der Waals surface area contributed by atoms with E-state index >= 15 is 0 Å². The number of anilines is 2. The Morgan fingerprint density at radius 1 is 1.06 bits per heavy atom. The van der Waals surface area contributed by atoms with Crippen LogP contribution in [0, 0.1) is 17.0 Å². The van der Waals surface area contributed by atoms with Crippen LogP contribution >= 0.6 is 0 Å².